The monoisotopic (exact) mass is 212 g/mol. The van der Waals surface area contributed by atoms with Crippen molar-refractivity contribution in [1.29, 1.82) is 0 Å². The number of hydrogen-bond donors (Lipinski definition) is 1. The van der Waals surface area contributed by atoms with Crippen LogP contribution in [0.2, 0.25) is 0 Å². The number of likely N-dealkylation sites (tertiary alicyclic amines) is 1. The molecule has 0 radical (unpaired) electrons. The quantitative estimate of drug-likeness (QED) is 0.742. The average molecular weight is 212 g/mol. The minimum atomic E-state index is 0.225. The van der Waals surface area contributed by atoms with Crippen molar-refractivity contribution < 1.29 is 4.79 Å². The Hall–Kier alpha value is -0.410. The lowest BCUT2D eigenvalue weighted by Gasteiger charge is -2.30. The third-order valence-electron chi connectivity index (χ3n) is 3.47. The van der Waals surface area contributed by atoms with Crippen LogP contribution < -0.4 is 5.32 Å². The van der Waals surface area contributed by atoms with E-state index in [0.29, 0.717) is 11.7 Å². The Morgan fingerprint density at radius 2 is 2.07 bits per heavy atom. The first-order valence-corrected chi connectivity index (χ1v) is 6.05. The van der Waals surface area contributed by atoms with E-state index in [2.05, 4.69) is 24.2 Å². The Morgan fingerprint density at radius 1 is 1.47 bits per heavy atom. The number of nitrogens with zero attached hydrogens (tertiary/aromatic N) is 1. The van der Waals surface area contributed by atoms with Gasteiger partial charge >= 0.3 is 0 Å². The maximum absolute atomic E-state index is 12.2. The van der Waals surface area contributed by atoms with Gasteiger partial charge in [-0.2, -0.15) is 0 Å². The van der Waals surface area contributed by atoms with Crippen molar-refractivity contribution in [2.75, 3.05) is 33.7 Å². The third-order valence-corrected chi connectivity index (χ3v) is 3.47. The van der Waals surface area contributed by atoms with E-state index in [1.54, 1.807) is 0 Å². The zero-order valence-electron chi connectivity index (χ0n) is 10.3. The van der Waals surface area contributed by atoms with Crippen molar-refractivity contribution in [2.45, 2.75) is 26.2 Å². The lowest BCUT2D eigenvalue weighted by atomic mass is 9.84. The number of piperidine rings is 1. The van der Waals surface area contributed by atoms with Gasteiger partial charge in [0.1, 0.15) is 5.78 Å². The maximum atomic E-state index is 12.2. The van der Waals surface area contributed by atoms with E-state index in [-0.39, 0.29) is 5.92 Å². The highest BCUT2D eigenvalue weighted by Crippen LogP contribution is 2.21. The highest BCUT2D eigenvalue weighted by atomic mass is 16.1. The van der Waals surface area contributed by atoms with Gasteiger partial charge in [0.05, 0.1) is 0 Å². The van der Waals surface area contributed by atoms with E-state index in [4.69, 9.17) is 0 Å². The predicted molar refractivity (Wildman–Crippen MR) is 62.9 cm³/mol. The van der Waals surface area contributed by atoms with Crippen molar-refractivity contribution in [1.82, 2.24) is 10.2 Å². The number of hydrogen-bond acceptors (Lipinski definition) is 3. The van der Waals surface area contributed by atoms with Crippen LogP contribution in [0.3, 0.4) is 0 Å². The van der Waals surface area contributed by atoms with Crippen LogP contribution in [0, 0.1) is 11.8 Å². The van der Waals surface area contributed by atoms with E-state index < -0.39 is 0 Å². The highest BCUT2D eigenvalue weighted by Gasteiger charge is 2.27. The van der Waals surface area contributed by atoms with E-state index in [0.717, 1.165) is 38.9 Å². The summed E-state index contributed by atoms with van der Waals surface area (Å²) in [5.41, 5.74) is 0. The van der Waals surface area contributed by atoms with Gasteiger partial charge in [-0.05, 0) is 46.4 Å². The average Bonchev–Trinajstić information content (AvgIpc) is 2.26. The molecule has 88 valence electrons. The molecule has 0 spiro atoms. The first kappa shape index (κ1) is 12.7. The fourth-order valence-corrected chi connectivity index (χ4v) is 2.32. The Labute approximate surface area is 93.2 Å². The molecular formula is C12H24N2O. The molecule has 0 amide bonds. The first-order chi connectivity index (χ1) is 7.19. The molecule has 1 heterocycles. The fourth-order valence-electron chi connectivity index (χ4n) is 2.32. The molecule has 0 aromatic rings. The minimum absolute atomic E-state index is 0.225. The lowest BCUT2D eigenvalue weighted by molar-refractivity contribution is -0.128. The molecule has 1 aliphatic heterocycles. The van der Waals surface area contributed by atoms with E-state index >= 15 is 0 Å². The van der Waals surface area contributed by atoms with Gasteiger partial charge in [-0.25, -0.2) is 0 Å². The molecule has 1 saturated heterocycles. The number of carbonyl (C=O) groups is 1. The SMILES string of the molecule is CCC(CNC)C(=O)C1CCN(C)CC1. The van der Waals surface area contributed by atoms with Gasteiger partial charge in [0.15, 0.2) is 0 Å². The summed E-state index contributed by atoms with van der Waals surface area (Å²) >= 11 is 0. The normalized spacial score (nSPS) is 21.5. The summed E-state index contributed by atoms with van der Waals surface area (Å²) in [4.78, 5) is 14.5. The number of Topliss-reactive ketones (excluding diaryl/α,β-unsaturated/α-hetero) is 1. The lowest BCUT2D eigenvalue weighted by Crippen LogP contribution is -2.38. The minimum Gasteiger partial charge on any atom is -0.319 e. The molecule has 0 aromatic heterocycles. The summed E-state index contributed by atoms with van der Waals surface area (Å²) in [7, 11) is 4.05. The molecule has 0 aromatic carbocycles. The highest BCUT2D eigenvalue weighted by molar-refractivity contribution is 5.83. The predicted octanol–water partition coefficient (Wildman–Crippen LogP) is 1.14. The van der Waals surface area contributed by atoms with Crippen LogP contribution in [0.4, 0.5) is 0 Å². The topological polar surface area (TPSA) is 32.3 Å². The number of nitrogens with one attached hydrogen (secondary N) is 1. The Balaban J connectivity index is 2.44. The van der Waals surface area contributed by atoms with Crippen molar-refractivity contribution in [3.05, 3.63) is 0 Å². The second kappa shape index (κ2) is 6.23. The number of carbonyl (C=O) groups excluding carboxylic acids is 1. The standard InChI is InChI=1S/C12H24N2O/c1-4-10(9-13-2)12(15)11-5-7-14(3)8-6-11/h10-11,13H,4-9H2,1-3H3. The van der Waals surface area contributed by atoms with Gasteiger partial charge in [0, 0.05) is 18.4 Å². The molecule has 1 rings (SSSR count). The summed E-state index contributed by atoms with van der Waals surface area (Å²) in [5.74, 6) is 1.03. The Kier molecular flexibility index (Phi) is 5.26. The summed E-state index contributed by atoms with van der Waals surface area (Å²) in [6, 6.07) is 0. The molecule has 0 saturated carbocycles. The van der Waals surface area contributed by atoms with Gasteiger partial charge in [0.25, 0.3) is 0 Å². The van der Waals surface area contributed by atoms with Crippen LogP contribution in [-0.4, -0.2) is 44.4 Å². The summed E-state index contributed by atoms with van der Waals surface area (Å²) in [6.07, 6.45) is 3.07. The summed E-state index contributed by atoms with van der Waals surface area (Å²) < 4.78 is 0. The fraction of sp³-hybridized carbons (Fsp3) is 0.917. The molecule has 1 N–H and O–H groups in total. The second-order valence-corrected chi connectivity index (χ2v) is 4.64. The zero-order chi connectivity index (χ0) is 11.3. The molecule has 1 unspecified atom stereocenters. The molecule has 3 heteroatoms. The van der Waals surface area contributed by atoms with Gasteiger partial charge < -0.3 is 10.2 Å². The van der Waals surface area contributed by atoms with Crippen molar-refractivity contribution in [2.24, 2.45) is 11.8 Å². The van der Waals surface area contributed by atoms with Gasteiger partial charge in [-0.3, -0.25) is 4.79 Å². The van der Waals surface area contributed by atoms with Crippen molar-refractivity contribution >= 4 is 5.78 Å². The summed E-state index contributed by atoms with van der Waals surface area (Å²) in [5, 5.41) is 3.12. The Bertz CT molecular complexity index is 198. The van der Waals surface area contributed by atoms with Crippen LogP contribution >= 0.6 is 0 Å². The molecule has 0 bridgehead atoms. The third kappa shape index (κ3) is 3.58. The number of ketones is 1. The Morgan fingerprint density at radius 3 is 2.53 bits per heavy atom. The van der Waals surface area contributed by atoms with Crippen LogP contribution in [-0.2, 0) is 4.79 Å². The van der Waals surface area contributed by atoms with Gasteiger partial charge in [-0.1, -0.05) is 6.92 Å². The molecule has 3 nitrogen and oxygen atoms in total. The summed E-state index contributed by atoms with van der Waals surface area (Å²) in [6.45, 7) is 5.09. The van der Waals surface area contributed by atoms with E-state index in [9.17, 15) is 4.79 Å². The van der Waals surface area contributed by atoms with Gasteiger partial charge in [-0.15, -0.1) is 0 Å². The molecule has 0 aliphatic carbocycles. The zero-order valence-corrected chi connectivity index (χ0v) is 10.3. The smallest absolute Gasteiger partial charge is 0.140 e. The molecule has 1 atom stereocenters. The largest absolute Gasteiger partial charge is 0.319 e. The molecule has 15 heavy (non-hydrogen) atoms. The molecule has 1 fully saturated rings. The maximum Gasteiger partial charge on any atom is 0.140 e. The first-order valence-electron chi connectivity index (χ1n) is 6.05. The van der Waals surface area contributed by atoms with Crippen molar-refractivity contribution in [3.63, 3.8) is 0 Å². The van der Waals surface area contributed by atoms with Crippen LogP contribution in [0.25, 0.3) is 0 Å². The molecule has 1 aliphatic rings. The van der Waals surface area contributed by atoms with E-state index in [1.165, 1.54) is 0 Å². The van der Waals surface area contributed by atoms with Crippen molar-refractivity contribution in [3.8, 4) is 0 Å². The van der Waals surface area contributed by atoms with Crippen LogP contribution in [0.15, 0.2) is 0 Å². The second-order valence-electron chi connectivity index (χ2n) is 4.64. The van der Waals surface area contributed by atoms with Crippen LogP contribution in [0.1, 0.15) is 26.2 Å². The number of rotatable bonds is 5. The molecular weight excluding hydrogens is 188 g/mol. The van der Waals surface area contributed by atoms with E-state index in [1.807, 2.05) is 7.05 Å². The van der Waals surface area contributed by atoms with Gasteiger partial charge in [0.2, 0.25) is 0 Å². The van der Waals surface area contributed by atoms with Crippen LogP contribution in [0.5, 0.6) is 0 Å².